The van der Waals surface area contributed by atoms with E-state index in [4.69, 9.17) is 0 Å². The van der Waals surface area contributed by atoms with Gasteiger partial charge in [0, 0.05) is 43.3 Å². The van der Waals surface area contributed by atoms with Gasteiger partial charge in [-0.1, -0.05) is 200 Å². The minimum atomic E-state index is -0.457. The second-order valence-corrected chi connectivity index (χ2v) is 19.0. The van der Waals surface area contributed by atoms with Gasteiger partial charge in [-0.3, -0.25) is 0 Å². The van der Waals surface area contributed by atoms with Crippen LogP contribution in [0.2, 0.25) is 0 Å². The summed E-state index contributed by atoms with van der Waals surface area (Å²) in [5.74, 6) is 0. The van der Waals surface area contributed by atoms with Crippen LogP contribution in [0.3, 0.4) is 0 Å². The van der Waals surface area contributed by atoms with E-state index in [1.807, 2.05) is 11.3 Å². The van der Waals surface area contributed by atoms with Crippen molar-refractivity contribution in [2.45, 2.75) is 5.41 Å². The first-order valence-electron chi connectivity index (χ1n) is 23.4. The highest BCUT2D eigenvalue weighted by molar-refractivity contribution is 7.27. The van der Waals surface area contributed by atoms with Crippen molar-refractivity contribution in [1.29, 1.82) is 0 Å². The first-order chi connectivity index (χ1) is 33.8. The van der Waals surface area contributed by atoms with E-state index in [0.717, 1.165) is 22.7 Å². The standard InChI is InChI=1S/C65H42N2S/c1-3-18-45(19-4-1)65(46-20-5-2-6-21-46)57-28-12-9-25-56(57)62-50(26-15-29-58(62)65)44-33-36-47(37-34-44)66(61-32-16-27-54-55-42-35-43-17-7-8-22-51(43)63(55)68-64(54)61)48-38-40-49(41-39-48)67-59-30-13-10-23-52(59)53-24-11-14-31-60(53)67/h1-42H. The number of rotatable bonds is 7. The van der Waals surface area contributed by atoms with Crippen molar-refractivity contribution >= 4 is 81.1 Å². The number of para-hydroxylation sites is 2. The largest absolute Gasteiger partial charge is 0.309 e. The summed E-state index contributed by atoms with van der Waals surface area (Å²) in [4.78, 5) is 2.46. The van der Waals surface area contributed by atoms with Gasteiger partial charge in [0.05, 0.1) is 26.8 Å². The zero-order chi connectivity index (χ0) is 44.8. The van der Waals surface area contributed by atoms with Crippen molar-refractivity contribution in [3.05, 3.63) is 277 Å². The Kier molecular flexibility index (Phi) is 8.71. The monoisotopic (exact) mass is 882 g/mol. The molecule has 0 saturated carbocycles. The van der Waals surface area contributed by atoms with E-state index in [2.05, 4.69) is 264 Å². The lowest BCUT2D eigenvalue weighted by atomic mass is 9.67. The van der Waals surface area contributed by atoms with Crippen molar-refractivity contribution in [1.82, 2.24) is 4.57 Å². The molecule has 13 aromatic rings. The van der Waals surface area contributed by atoms with Crippen LogP contribution in [0, 0.1) is 0 Å². The van der Waals surface area contributed by atoms with E-state index in [9.17, 15) is 0 Å². The topological polar surface area (TPSA) is 8.17 Å². The fraction of sp³-hybridized carbons (Fsp3) is 0.0154. The first kappa shape index (κ1) is 38.7. The van der Waals surface area contributed by atoms with Gasteiger partial charge in [-0.2, -0.15) is 0 Å². The van der Waals surface area contributed by atoms with Gasteiger partial charge in [0.1, 0.15) is 0 Å². The molecule has 0 fully saturated rings. The molecule has 2 nitrogen and oxygen atoms in total. The van der Waals surface area contributed by atoms with Gasteiger partial charge in [-0.15, -0.1) is 11.3 Å². The molecule has 1 aliphatic carbocycles. The quantitative estimate of drug-likeness (QED) is 0.155. The minimum absolute atomic E-state index is 0.457. The van der Waals surface area contributed by atoms with E-state index >= 15 is 0 Å². The smallest absolute Gasteiger partial charge is 0.0713 e. The third-order valence-electron chi connectivity index (χ3n) is 14.5. The van der Waals surface area contributed by atoms with Crippen molar-refractivity contribution in [3.63, 3.8) is 0 Å². The molecule has 0 spiro atoms. The molecule has 0 amide bonds. The summed E-state index contributed by atoms with van der Waals surface area (Å²) < 4.78 is 4.99. The summed E-state index contributed by atoms with van der Waals surface area (Å²) in [6.07, 6.45) is 0. The number of anilines is 3. The van der Waals surface area contributed by atoms with Crippen molar-refractivity contribution < 1.29 is 0 Å². The van der Waals surface area contributed by atoms with Crippen molar-refractivity contribution in [3.8, 4) is 27.9 Å². The molecule has 318 valence electrons. The van der Waals surface area contributed by atoms with Gasteiger partial charge in [0.25, 0.3) is 0 Å². The third-order valence-corrected chi connectivity index (χ3v) is 15.8. The van der Waals surface area contributed by atoms with E-state index in [1.54, 1.807) is 0 Å². The molecular weight excluding hydrogens is 841 g/mol. The Morgan fingerprint density at radius 1 is 0.353 bits per heavy atom. The summed E-state index contributed by atoms with van der Waals surface area (Å²) in [7, 11) is 0. The van der Waals surface area contributed by atoms with Crippen molar-refractivity contribution in [2.75, 3.05) is 4.90 Å². The maximum absolute atomic E-state index is 2.46. The molecule has 2 heterocycles. The number of nitrogens with zero attached hydrogens (tertiary/aromatic N) is 2. The highest BCUT2D eigenvalue weighted by Crippen LogP contribution is 2.58. The maximum Gasteiger partial charge on any atom is 0.0713 e. The Morgan fingerprint density at radius 2 is 0.882 bits per heavy atom. The summed E-state index contributed by atoms with van der Waals surface area (Å²) >= 11 is 1.90. The molecule has 0 atom stereocenters. The van der Waals surface area contributed by atoms with Crippen LogP contribution in [0.15, 0.2) is 255 Å². The molecule has 0 radical (unpaired) electrons. The van der Waals surface area contributed by atoms with Gasteiger partial charge < -0.3 is 9.47 Å². The van der Waals surface area contributed by atoms with Crippen LogP contribution < -0.4 is 4.90 Å². The zero-order valence-corrected chi connectivity index (χ0v) is 37.9. The average molecular weight is 883 g/mol. The molecule has 68 heavy (non-hydrogen) atoms. The Hall–Kier alpha value is -8.50. The van der Waals surface area contributed by atoms with Gasteiger partial charge in [0.15, 0.2) is 0 Å². The van der Waals surface area contributed by atoms with Crippen LogP contribution in [-0.2, 0) is 5.41 Å². The summed E-state index contributed by atoms with van der Waals surface area (Å²) in [6, 6.07) is 94.1. The van der Waals surface area contributed by atoms with E-state index in [1.165, 1.54) is 97.3 Å². The molecule has 0 bridgehead atoms. The summed E-state index contributed by atoms with van der Waals surface area (Å²) in [5, 5.41) is 7.65. The Labute approximate surface area is 398 Å². The Bertz CT molecular complexity index is 3980. The molecular formula is C65H42N2S. The lowest BCUT2D eigenvalue weighted by molar-refractivity contribution is 0.768. The average Bonchev–Trinajstić information content (AvgIpc) is 4.07. The van der Waals surface area contributed by atoms with Gasteiger partial charge in [-0.05, 0) is 110 Å². The highest BCUT2D eigenvalue weighted by Gasteiger charge is 2.46. The number of fused-ring (bicyclic) bond motifs is 11. The second-order valence-electron chi connectivity index (χ2n) is 17.9. The number of hydrogen-bond donors (Lipinski definition) is 0. The summed E-state index contributed by atoms with van der Waals surface area (Å²) in [6.45, 7) is 0. The number of aromatic nitrogens is 1. The molecule has 0 aliphatic heterocycles. The first-order valence-corrected chi connectivity index (χ1v) is 24.2. The third kappa shape index (κ3) is 5.63. The Balaban J connectivity index is 0.948. The molecule has 0 N–H and O–H groups in total. The molecule has 0 saturated heterocycles. The fourth-order valence-electron chi connectivity index (χ4n) is 11.6. The van der Waals surface area contributed by atoms with E-state index < -0.39 is 5.41 Å². The molecule has 2 aromatic heterocycles. The SMILES string of the molecule is c1ccc(C2(c3ccccc3)c3ccccc3-c3c(-c4ccc(N(c5ccc(-n6c7ccccc7c7ccccc76)cc5)c5cccc6c5sc5c7ccccc7ccc65)cc4)cccc32)cc1. The predicted molar refractivity (Wildman–Crippen MR) is 289 cm³/mol. The fourth-order valence-corrected chi connectivity index (χ4v) is 12.9. The molecule has 0 unspecified atom stereocenters. The molecule has 14 rings (SSSR count). The van der Waals surface area contributed by atoms with Gasteiger partial charge >= 0.3 is 0 Å². The van der Waals surface area contributed by atoms with Crippen LogP contribution in [0.25, 0.3) is 80.7 Å². The highest BCUT2D eigenvalue weighted by atomic mass is 32.1. The van der Waals surface area contributed by atoms with Crippen LogP contribution in [0.4, 0.5) is 17.1 Å². The summed E-state index contributed by atoms with van der Waals surface area (Å²) in [5.41, 5.74) is 16.6. The van der Waals surface area contributed by atoms with Crippen molar-refractivity contribution in [2.24, 2.45) is 0 Å². The normalized spacial score (nSPS) is 12.8. The predicted octanol–water partition coefficient (Wildman–Crippen LogP) is 17.8. The van der Waals surface area contributed by atoms with Crippen LogP contribution >= 0.6 is 11.3 Å². The zero-order valence-electron chi connectivity index (χ0n) is 37.1. The molecule has 11 aromatic carbocycles. The van der Waals surface area contributed by atoms with Gasteiger partial charge in [-0.25, -0.2) is 0 Å². The maximum atomic E-state index is 2.46. The Morgan fingerprint density at radius 3 is 1.59 bits per heavy atom. The number of hydrogen-bond acceptors (Lipinski definition) is 2. The molecule has 1 aliphatic rings. The van der Waals surface area contributed by atoms with Crippen LogP contribution in [0.1, 0.15) is 22.3 Å². The lowest BCUT2D eigenvalue weighted by Gasteiger charge is -2.34. The van der Waals surface area contributed by atoms with E-state index in [-0.39, 0.29) is 0 Å². The lowest BCUT2D eigenvalue weighted by Crippen LogP contribution is -2.28. The van der Waals surface area contributed by atoms with Crippen LogP contribution in [-0.4, -0.2) is 4.57 Å². The molecule has 3 heteroatoms. The number of thiophene rings is 1. The second kappa shape index (κ2) is 15.3. The van der Waals surface area contributed by atoms with Gasteiger partial charge in [0.2, 0.25) is 0 Å². The number of benzene rings is 11. The van der Waals surface area contributed by atoms with Crippen LogP contribution in [0.5, 0.6) is 0 Å². The van der Waals surface area contributed by atoms with E-state index in [0.29, 0.717) is 0 Å². The minimum Gasteiger partial charge on any atom is -0.309 e.